The number of benzene rings is 2. The summed E-state index contributed by atoms with van der Waals surface area (Å²) in [5.41, 5.74) is 13.1. The maximum Gasteiger partial charge on any atom is 0.244 e. The fourth-order valence-electron chi connectivity index (χ4n) is 4.30. The Balaban J connectivity index is 1.77. The van der Waals surface area contributed by atoms with Crippen molar-refractivity contribution in [3.63, 3.8) is 0 Å². The lowest BCUT2D eigenvalue weighted by molar-refractivity contribution is -0.132. The molecule has 0 aliphatic carbocycles. The highest BCUT2D eigenvalue weighted by Gasteiger charge is 2.29. The molecule has 0 bridgehead atoms. The normalized spacial score (nSPS) is 23.0. The van der Waals surface area contributed by atoms with E-state index in [2.05, 4.69) is 37.2 Å². The van der Waals surface area contributed by atoms with Gasteiger partial charge in [0.15, 0.2) is 0 Å². The lowest BCUT2D eigenvalue weighted by Crippen LogP contribution is -2.62. The van der Waals surface area contributed by atoms with E-state index < -0.39 is 66.5 Å². The van der Waals surface area contributed by atoms with Crippen molar-refractivity contribution in [3.8, 4) is 5.75 Å². The molecule has 3 rings (SSSR count). The van der Waals surface area contributed by atoms with Gasteiger partial charge >= 0.3 is 0 Å². The minimum Gasteiger partial charge on any atom is -0.508 e. The highest BCUT2D eigenvalue weighted by molar-refractivity contribution is 5.94. The zero-order valence-electron chi connectivity index (χ0n) is 23.8. The van der Waals surface area contributed by atoms with Gasteiger partial charge in [-0.15, -0.1) is 0 Å². The number of nitrogens with two attached hydrogens (primary N) is 2. The van der Waals surface area contributed by atoms with E-state index in [0.717, 1.165) is 5.56 Å². The summed E-state index contributed by atoms with van der Waals surface area (Å²) in [6.45, 7) is -0.684. The van der Waals surface area contributed by atoms with Crippen molar-refractivity contribution >= 4 is 29.5 Å². The molecule has 0 saturated carbocycles. The smallest absolute Gasteiger partial charge is 0.244 e. The van der Waals surface area contributed by atoms with E-state index in [1.807, 2.05) is 6.07 Å². The van der Waals surface area contributed by atoms with Crippen LogP contribution in [0.5, 0.6) is 5.75 Å². The maximum absolute atomic E-state index is 13.2. The molecule has 43 heavy (non-hydrogen) atoms. The van der Waals surface area contributed by atoms with Crippen LogP contribution >= 0.6 is 0 Å². The Hall–Kier alpha value is -4.57. The number of carbonyl (C=O) groups is 5. The molecular formula is C28H39N9O6. The first-order chi connectivity index (χ1) is 20.5. The van der Waals surface area contributed by atoms with Crippen molar-refractivity contribution in [3.05, 3.63) is 65.7 Å². The molecular weight excluding hydrogens is 558 g/mol. The minimum absolute atomic E-state index is 0.0744. The average molecular weight is 598 g/mol. The first-order valence-corrected chi connectivity index (χ1v) is 13.7. The van der Waals surface area contributed by atoms with E-state index in [1.54, 1.807) is 43.4 Å². The lowest BCUT2D eigenvalue weighted by atomic mass is 10.0. The van der Waals surface area contributed by atoms with Crippen LogP contribution in [0.2, 0.25) is 0 Å². The molecule has 15 nitrogen and oxygen atoms in total. The number of primary amides is 1. The molecule has 5 atom stereocenters. The summed E-state index contributed by atoms with van der Waals surface area (Å²) in [4.78, 5) is 64.2. The van der Waals surface area contributed by atoms with Crippen LogP contribution < -0.4 is 48.7 Å². The van der Waals surface area contributed by atoms with E-state index in [1.165, 1.54) is 12.1 Å². The second-order valence-electron chi connectivity index (χ2n) is 10.1. The van der Waals surface area contributed by atoms with Crippen LogP contribution in [0.3, 0.4) is 0 Å². The molecule has 1 aliphatic rings. The van der Waals surface area contributed by atoms with E-state index in [9.17, 15) is 29.1 Å². The number of hydrogen-bond acceptors (Lipinski definition) is 10. The third-order valence-electron chi connectivity index (χ3n) is 6.72. The summed E-state index contributed by atoms with van der Waals surface area (Å²) in [6, 6.07) is 10.8. The van der Waals surface area contributed by atoms with Gasteiger partial charge in [-0.1, -0.05) is 42.5 Å². The van der Waals surface area contributed by atoms with Gasteiger partial charge in [0, 0.05) is 19.5 Å². The van der Waals surface area contributed by atoms with Crippen molar-refractivity contribution in [2.75, 3.05) is 26.7 Å². The number of phenolic OH excluding ortho intramolecular Hbond substituents is 1. The summed E-state index contributed by atoms with van der Waals surface area (Å²) in [5.74, 6) is -3.30. The molecule has 1 unspecified atom stereocenters. The van der Waals surface area contributed by atoms with Crippen LogP contribution in [-0.4, -0.2) is 91.8 Å². The molecule has 1 heterocycles. The van der Waals surface area contributed by atoms with E-state index in [4.69, 9.17) is 11.5 Å². The van der Waals surface area contributed by atoms with Crippen LogP contribution in [0.25, 0.3) is 0 Å². The molecule has 1 aliphatic heterocycles. The number of rotatable bonds is 8. The number of carbonyl (C=O) groups excluding carboxylic acids is 5. The SMILES string of the molecule is CNC1NC[C@@H](C(N)=O)NC(=O)[C@H](Cc2ccccc2)NC(=O)CNC(=O)[C@H](NC(=O)[C@@H](N)Cc2ccc(O)cc2)CN1. The van der Waals surface area contributed by atoms with Crippen LogP contribution in [-0.2, 0) is 36.8 Å². The van der Waals surface area contributed by atoms with Crippen LogP contribution in [0.4, 0.5) is 0 Å². The monoisotopic (exact) mass is 597 g/mol. The van der Waals surface area contributed by atoms with Crippen LogP contribution in [0, 0.1) is 0 Å². The number of aromatic hydroxyl groups is 1. The van der Waals surface area contributed by atoms with Crippen LogP contribution in [0.1, 0.15) is 11.1 Å². The molecule has 0 spiro atoms. The summed E-state index contributed by atoms with van der Waals surface area (Å²) in [5, 5.41) is 28.7. The van der Waals surface area contributed by atoms with Crippen molar-refractivity contribution in [1.29, 1.82) is 0 Å². The Kier molecular flexibility index (Phi) is 12.4. The van der Waals surface area contributed by atoms with Gasteiger partial charge in [0.05, 0.1) is 12.6 Å². The summed E-state index contributed by atoms with van der Waals surface area (Å²) in [7, 11) is 1.61. The van der Waals surface area contributed by atoms with Gasteiger partial charge < -0.3 is 37.8 Å². The number of amides is 5. The van der Waals surface area contributed by atoms with E-state index in [-0.39, 0.29) is 31.7 Å². The van der Waals surface area contributed by atoms with E-state index in [0.29, 0.717) is 5.56 Å². The predicted molar refractivity (Wildman–Crippen MR) is 157 cm³/mol. The second kappa shape index (κ2) is 16.2. The zero-order valence-corrected chi connectivity index (χ0v) is 23.8. The molecule has 15 heteroatoms. The molecule has 2 aromatic carbocycles. The van der Waals surface area contributed by atoms with Gasteiger partial charge in [0.2, 0.25) is 29.5 Å². The standard InChI is InChI=1S/C28H39N9O6/c1-31-28-33-13-21(24(30)40)36-27(43)20(12-16-5-3-2-4-6-16)35-23(39)15-32-26(42)22(14-34-28)37-25(41)19(29)11-17-7-9-18(38)10-8-17/h2-10,19-22,28,31,33-34,38H,11-15,29H2,1H3,(H2,30,40)(H,32,42)(H,35,39)(H,36,43)(H,37,41)/t19-,20-,21-,22+,28?/m0/s1. The Labute approximate surface area is 248 Å². The summed E-state index contributed by atoms with van der Waals surface area (Å²) >= 11 is 0. The third kappa shape index (κ3) is 10.6. The zero-order chi connectivity index (χ0) is 31.4. The Morgan fingerprint density at radius 2 is 1.63 bits per heavy atom. The Morgan fingerprint density at radius 1 is 0.953 bits per heavy atom. The van der Waals surface area contributed by atoms with Gasteiger partial charge in [0.1, 0.15) is 30.2 Å². The minimum atomic E-state index is -1.15. The fourth-order valence-corrected chi connectivity index (χ4v) is 4.30. The van der Waals surface area contributed by atoms with Gasteiger partial charge in [-0.05, 0) is 36.7 Å². The van der Waals surface area contributed by atoms with Gasteiger partial charge in [-0.3, -0.25) is 39.9 Å². The molecule has 232 valence electrons. The first-order valence-electron chi connectivity index (χ1n) is 13.7. The van der Waals surface area contributed by atoms with Crippen LogP contribution in [0.15, 0.2) is 54.6 Å². The molecule has 12 N–H and O–H groups in total. The molecule has 2 aromatic rings. The highest BCUT2D eigenvalue weighted by Crippen LogP contribution is 2.11. The molecule has 0 radical (unpaired) electrons. The molecule has 1 fully saturated rings. The predicted octanol–water partition coefficient (Wildman–Crippen LogP) is -3.74. The average Bonchev–Trinajstić information content (AvgIpc) is 2.99. The van der Waals surface area contributed by atoms with E-state index >= 15 is 0 Å². The largest absolute Gasteiger partial charge is 0.508 e. The maximum atomic E-state index is 13.2. The number of hydrogen-bond donors (Lipinski definition) is 10. The van der Waals surface area contributed by atoms with Gasteiger partial charge in [-0.2, -0.15) is 0 Å². The van der Waals surface area contributed by atoms with Crippen molar-refractivity contribution < 1.29 is 29.1 Å². The van der Waals surface area contributed by atoms with Gasteiger partial charge in [-0.25, -0.2) is 0 Å². The van der Waals surface area contributed by atoms with Crippen molar-refractivity contribution in [2.24, 2.45) is 11.5 Å². The molecule has 1 saturated heterocycles. The number of nitrogens with one attached hydrogen (secondary N) is 7. The number of phenols is 1. The Bertz CT molecular complexity index is 1260. The summed E-state index contributed by atoms with van der Waals surface area (Å²) in [6.07, 6.45) is -0.416. The topological polar surface area (TPSA) is 242 Å². The lowest BCUT2D eigenvalue weighted by Gasteiger charge is -2.26. The fraction of sp³-hybridized carbons (Fsp3) is 0.393. The first kappa shape index (κ1) is 32.9. The van der Waals surface area contributed by atoms with Crippen molar-refractivity contribution in [2.45, 2.75) is 43.3 Å². The summed E-state index contributed by atoms with van der Waals surface area (Å²) < 4.78 is 0. The quantitative estimate of drug-likeness (QED) is 0.143. The second-order valence-corrected chi connectivity index (χ2v) is 10.1. The van der Waals surface area contributed by atoms with Gasteiger partial charge in [0.25, 0.3) is 0 Å². The highest BCUT2D eigenvalue weighted by atomic mass is 16.3. The van der Waals surface area contributed by atoms with Crippen molar-refractivity contribution in [1.82, 2.24) is 37.2 Å². The Morgan fingerprint density at radius 3 is 2.28 bits per heavy atom. The molecule has 0 aromatic heterocycles. The third-order valence-corrected chi connectivity index (χ3v) is 6.72. The molecule has 5 amide bonds.